The monoisotopic (exact) mass is 233 g/mol. The van der Waals surface area contributed by atoms with Gasteiger partial charge in [0.25, 0.3) is 0 Å². The maximum Gasteiger partial charge on any atom is 0.0825 e. The molecule has 0 unspecified atom stereocenters. The van der Waals surface area contributed by atoms with Gasteiger partial charge in [-0.2, -0.15) is 10.2 Å². The van der Waals surface area contributed by atoms with Gasteiger partial charge < -0.3 is 5.32 Å². The van der Waals surface area contributed by atoms with Crippen molar-refractivity contribution in [2.45, 2.75) is 26.8 Å². The molecule has 2 heterocycles. The Balaban J connectivity index is 2.06. The van der Waals surface area contributed by atoms with Crippen molar-refractivity contribution in [3.05, 3.63) is 29.3 Å². The highest BCUT2D eigenvalue weighted by Crippen LogP contribution is 2.13. The van der Waals surface area contributed by atoms with Crippen LogP contribution in [0.3, 0.4) is 0 Å². The summed E-state index contributed by atoms with van der Waals surface area (Å²) in [7, 11) is 3.91. The predicted octanol–water partition coefficient (Wildman–Crippen LogP) is 1.64. The first kappa shape index (κ1) is 11.7. The molecule has 0 aliphatic rings. The number of hydrogen-bond acceptors (Lipinski definition) is 3. The molecule has 0 saturated heterocycles. The highest BCUT2D eigenvalue weighted by Gasteiger charge is 2.06. The number of rotatable bonds is 4. The van der Waals surface area contributed by atoms with Gasteiger partial charge in [-0.3, -0.25) is 9.36 Å². The maximum atomic E-state index is 4.42. The van der Waals surface area contributed by atoms with E-state index in [0.717, 1.165) is 30.0 Å². The van der Waals surface area contributed by atoms with Crippen LogP contribution in [0.25, 0.3) is 0 Å². The number of aryl methyl sites for hydroxylation is 4. The van der Waals surface area contributed by atoms with Crippen LogP contribution in [0.1, 0.15) is 24.0 Å². The van der Waals surface area contributed by atoms with Crippen molar-refractivity contribution in [1.29, 1.82) is 0 Å². The molecule has 0 spiro atoms. The Morgan fingerprint density at radius 3 is 2.59 bits per heavy atom. The summed E-state index contributed by atoms with van der Waals surface area (Å²) in [6.45, 7) is 4.89. The van der Waals surface area contributed by atoms with Crippen LogP contribution in [-0.2, 0) is 27.1 Å². The molecule has 17 heavy (non-hydrogen) atoms. The summed E-state index contributed by atoms with van der Waals surface area (Å²) in [6.07, 6.45) is 2.96. The third kappa shape index (κ3) is 2.49. The van der Waals surface area contributed by atoms with E-state index >= 15 is 0 Å². The zero-order valence-electron chi connectivity index (χ0n) is 10.9. The lowest BCUT2D eigenvalue weighted by atomic mass is 10.3. The number of hydrogen-bond donors (Lipinski definition) is 1. The van der Waals surface area contributed by atoms with Gasteiger partial charge in [-0.05, 0) is 19.4 Å². The highest BCUT2D eigenvalue weighted by atomic mass is 15.3. The van der Waals surface area contributed by atoms with Crippen LogP contribution in [0.2, 0.25) is 0 Å². The van der Waals surface area contributed by atoms with Gasteiger partial charge in [-0.25, -0.2) is 0 Å². The quantitative estimate of drug-likeness (QED) is 0.873. The minimum atomic E-state index is 0.774. The zero-order chi connectivity index (χ0) is 12.4. The fourth-order valence-electron chi connectivity index (χ4n) is 1.87. The lowest BCUT2D eigenvalue weighted by Crippen LogP contribution is -2.05. The standard InChI is InChI=1S/C12H19N5/c1-5-10-6-11(17(4)15-10)7-13-12-8-16(3)14-9(12)2/h6,8,13H,5,7H2,1-4H3. The molecule has 1 N–H and O–H groups in total. The number of nitrogens with zero attached hydrogens (tertiary/aromatic N) is 4. The van der Waals surface area contributed by atoms with Crippen LogP contribution in [-0.4, -0.2) is 19.6 Å². The van der Waals surface area contributed by atoms with Gasteiger partial charge in [0.2, 0.25) is 0 Å². The molecule has 0 saturated carbocycles. The first-order valence-electron chi connectivity index (χ1n) is 5.86. The Morgan fingerprint density at radius 1 is 1.29 bits per heavy atom. The van der Waals surface area contributed by atoms with Crippen molar-refractivity contribution >= 4 is 5.69 Å². The molecule has 0 amide bonds. The van der Waals surface area contributed by atoms with E-state index in [1.807, 2.05) is 36.6 Å². The van der Waals surface area contributed by atoms with Crippen molar-refractivity contribution < 1.29 is 0 Å². The van der Waals surface area contributed by atoms with E-state index < -0.39 is 0 Å². The normalized spacial score (nSPS) is 10.8. The van der Waals surface area contributed by atoms with E-state index in [2.05, 4.69) is 28.5 Å². The molecule has 0 atom stereocenters. The lowest BCUT2D eigenvalue weighted by molar-refractivity contribution is 0.707. The molecule has 2 aromatic heterocycles. The zero-order valence-corrected chi connectivity index (χ0v) is 10.9. The van der Waals surface area contributed by atoms with Crippen molar-refractivity contribution in [2.75, 3.05) is 5.32 Å². The summed E-state index contributed by atoms with van der Waals surface area (Å²) >= 11 is 0. The fourth-order valence-corrected chi connectivity index (χ4v) is 1.87. The van der Waals surface area contributed by atoms with E-state index in [1.165, 1.54) is 5.69 Å². The average molecular weight is 233 g/mol. The molecule has 0 bridgehead atoms. The predicted molar refractivity (Wildman–Crippen MR) is 67.9 cm³/mol. The molecule has 0 fully saturated rings. The molecule has 5 nitrogen and oxygen atoms in total. The SMILES string of the molecule is CCc1cc(CNc2cn(C)nc2C)n(C)n1. The van der Waals surface area contributed by atoms with Crippen LogP contribution in [0.4, 0.5) is 5.69 Å². The van der Waals surface area contributed by atoms with Crippen molar-refractivity contribution in [2.24, 2.45) is 14.1 Å². The summed E-state index contributed by atoms with van der Waals surface area (Å²) in [4.78, 5) is 0. The first-order chi connectivity index (χ1) is 8.10. The van der Waals surface area contributed by atoms with Gasteiger partial charge in [0.05, 0.1) is 29.3 Å². The fraction of sp³-hybridized carbons (Fsp3) is 0.500. The number of anilines is 1. The first-order valence-corrected chi connectivity index (χ1v) is 5.86. The molecular weight excluding hydrogens is 214 g/mol. The average Bonchev–Trinajstić information content (AvgIpc) is 2.79. The van der Waals surface area contributed by atoms with E-state index in [-0.39, 0.29) is 0 Å². The molecule has 2 rings (SSSR count). The van der Waals surface area contributed by atoms with Crippen LogP contribution in [0.15, 0.2) is 12.3 Å². The van der Waals surface area contributed by atoms with Gasteiger partial charge in [0, 0.05) is 20.3 Å². The minimum Gasteiger partial charge on any atom is -0.377 e. The molecule has 0 aliphatic heterocycles. The summed E-state index contributed by atoms with van der Waals surface area (Å²) < 4.78 is 3.75. The van der Waals surface area contributed by atoms with Gasteiger partial charge in [-0.1, -0.05) is 6.92 Å². The minimum absolute atomic E-state index is 0.774. The molecule has 0 radical (unpaired) electrons. The Labute approximate surface area is 101 Å². The lowest BCUT2D eigenvalue weighted by Gasteiger charge is -2.04. The summed E-state index contributed by atoms with van der Waals surface area (Å²) in [5.74, 6) is 0. The Hall–Kier alpha value is -1.78. The Kier molecular flexibility index (Phi) is 3.17. The summed E-state index contributed by atoms with van der Waals surface area (Å²) in [5, 5.41) is 12.1. The van der Waals surface area contributed by atoms with E-state index in [1.54, 1.807) is 0 Å². The second-order valence-electron chi connectivity index (χ2n) is 4.26. The van der Waals surface area contributed by atoms with E-state index in [0.29, 0.717) is 0 Å². The van der Waals surface area contributed by atoms with Crippen LogP contribution in [0.5, 0.6) is 0 Å². The van der Waals surface area contributed by atoms with Crippen LogP contribution in [0, 0.1) is 6.92 Å². The smallest absolute Gasteiger partial charge is 0.0825 e. The topological polar surface area (TPSA) is 47.7 Å². The van der Waals surface area contributed by atoms with Gasteiger partial charge >= 0.3 is 0 Å². The Morgan fingerprint density at radius 2 is 2.06 bits per heavy atom. The van der Waals surface area contributed by atoms with Gasteiger partial charge in [0.15, 0.2) is 0 Å². The Bertz CT molecular complexity index is 509. The highest BCUT2D eigenvalue weighted by molar-refractivity contribution is 5.45. The molecule has 2 aromatic rings. The van der Waals surface area contributed by atoms with Crippen LogP contribution < -0.4 is 5.32 Å². The number of aromatic nitrogens is 4. The third-order valence-corrected chi connectivity index (χ3v) is 2.86. The van der Waals surface area contributed by atoms with Crippen molar-refractivity contribution in [1.82, 2.24) is 19.6 Å². The van der Waals surface area contributed by atoms with E-state index in [4.69, 9.17) is 0 Å². The van der Waals surface area contributed by atoms with Gasteiger partial charge in [0.1, 0.15) is 0 Å². The maximum absolute atomic E-state index is 4.42. The molecule has 5 heteroatoms. The number of nitrogens with one attached hydrogen (secondary N) is 1. The second-order valence-corrected chi connectivity index (χ2v) is 4.26. The van der Waals surface area contributed by atoms with Crippen molar-refractivity contribution in [3.63, 3.8) is 0 Å². The van der Waals surface area contributed by atoms with Crippen LogP contribution >= 0.6 is 0 Å². The summed E-state index contributed by atoms with van der Waals surface area (Å²) in [5.41, 5.74) is 4.41. The molecular formula is C12H19N5. The molecule has 92 valence electrons. The third-order valence-electron chi connectivity index (χ3n) is 2.86. The van der Waals surface area contributed by atoms with Crippen molar-refractivity contribution in [3.8, 4) is 0 Å². The molecule has 0 aromatic carbocycles. The van der Waals surface area contributed by atoms with Gasteiger partial charge in [-0.15, -0.1) is 0 Å². The summed E-state index contributed by atoms with van der Waals surface area (Å²) in [6, 6.07) is 2.14. The molecule has 0 aliphatic carbocycles. The second kappa shape index (κ2) is 4.61. The van der Waals surface area contributed by atoms with E-state index in [9.17, 15) is 0 Å². The largest absolute Gasteiger partial charge is 0.377 e.